The van der Waals surface area contributed by atoms with Gasteiger partial charge in [-0.05, 0) is 50.4 Å². The van der Waals surface area contributed by atoms with Crippen LogP contribution in [0.3, 0.4) is 0 Å². The third-order valence-electron chi connectivity index (χ3n) is 5.48. The maximum absolute atomic E-state index is 12.7. The number of carbonyl (C=O) groups excluding carboxylic acids is 1. The highest BCUT2D eigenvalue weighted by atomic mass is 35.5. The van der Waals surface area contributed by atoms with Crippen LogP contribution in [0.2, 0.25) is 10.0 Å². The molecule has 0 radical (unpaired) electrons. The monoisotopic (exact) mass is 402 g/mol. The Morgan fingerprint density at radius 1 is 1.36 bits per heavy atom. The van der Waals surface area contributed by atoms with Gasteiger partial charge in [0.05, 0.1) is 28.1 Å². The SMILES string of the molecule is CCOC(=O)C1(C2NCCc3c2[nH]c2ccc(Cl)c(Cl)c32)CCC1.Cl. The maximum atomic E-state index is 12.7. The van der Waals surface area contributed by atoms with E-state index in [9.17, 15) is 4.79 Å². The summed E-state index contributed by atoms with van der Waals surface area (Å²) in [6.07, 6.45) is 3.63. The number of rotatable bonds is 3. The molecule has 0 bridgehead atoms. The normalized spacial score (nSPS) is 21.2. The number of ether oxygens (including phenoxy) is 1. The number of aromatic amines is 1. The number of fused-ring (bicyclic) bond motifs is 3. The maximum Gasteiger partial charge on any atom is 0.314 e. The number of hydrogen-bond donors (Lipinski definition) is 2. The topological polar surface area (TPSA) is 54.1 Å². The average molecular weight is 404 g/mol. The minimum absolute atomic E-state index is 0. The van der Waals surface area contributed by atoms with Gasteiger partial charge in [-0.1, -0.05) is 29.6 Å². The Morgan fingerprint density at radius 3 is 2.76 bits per heavy atom. The Hall–Kier alpha value is -0.940. The zero-order valence-corrected chi connectivity index (χ0v) is 16.3. The third kappa shape index (κ3) is 2.74. The first-order valence-corrected chi connectivity index (χ1v) is 9.23. The highest BCUT2D eigenvalue weighted by Crippen LogP contribution is 2.53. The number of aromatic nitrogens is 1. The molecule has 1 aliphatic heterocycles. The van der Waals surface area contributed by atoms with Crippen LogP contribution in [0.25, 0.3) is 10.9 Å². The molecule has 2 N–H and O–H groups in total. The Bertz CT molecular complexity index is 814. The molecule has 2 aromatic rings. The lowest BCUT2D eigenvalue weighted by atomic mass is 9.62. The minimum Gasteiger partial charge on any atom is -0.466 e. The number of halogens is 3. The number of H-pyrrole nitrogens is 1. The summed E-state index contributed by atoms with van der Waals surface area (Å²) in [5, 5.41) is 5.68. The van der Waals surface area contributed by atoms with Crippen LogP contribution in [0.15, 0.2) is 12.1 Å². The third-order valence-corrected chi connectivity index (χ3v) is 6.29. The number of hydrogen-bond acceptors (Lipinski definition) is 3. The molecular weight excluding hydrogens is 383 g/mol. The second-order valence-electron chi connectivity index (χ2n) is 6.67. The molecule has 136 valence electrons. The highest BCUT2D eigenvalue weighted by Gasteiger charge is 2.53. The van der Waals surface area contributed by atoms with Gasteiger partial charge in [0.25, 0.3) is 0 Å². The minimum atomic E-state index is -0.470. The van der Waals surface area contributed by atoms with Gasteiger partial charge in [0, 0.05) is 16.6 Å². The van der Waals surface area contributed by atoms with Crippen molar-refractivity contribution in [3.05, 3.63) is 33.4 Å². The number of benzene rings is 1. The van der Waals surface area contributed by atoms with Crippen LogP contribution in [-0.2, 0) is 16.0 Å². The predicted octanol–water partition coefficient (Wildman–Crippen LogP) is 4.82. The van der Waals surface area contributed by atoms with E-state index in [-0.39, 0.29) is 24.4 Å². The van der Waals surface area contributed by atoms with Crippen LogP contribution >= 0.6 is 35.6 Å². The van der Waals surface area contributed by atoms with Crippen molar-refractivity contribution in [3.63, 3.8) is 0 Å². The molecule has 2 heterocycles. The van der Waals surface area contributed by atoms with Crippen LogP contribution in [0.5, 0.6) is 0 Å². The molecule has 4 rings (SSSR count). The predicted molar refractivity (Wildman–Crippen MR) is 103 cm³/mol. The second kappa shape index (κ2) is 6.99. The molecule has 25 heavy (non-hydrogen) atoms. The van der Waals surface area contributed by atoms with Crippen molar-refractivity contribution in [2.45, 2.75) is 38.6 Å². The molecule has 1 unspecified atom stereocenters. The summed E-state index contributed by atoms with van der Waals surface area (Å²) in [6.45, 7) is 3.08. The lowest BCUT2D eigenvalue weighted by Crippen LogP contribution is -2.51. The first-order chi connectivity index (χ1) is 11.6. The van der Waals surface area contributed by atoms with Gasteiger partial charge in [0.15, 0.2) is 0 Å². The summed E-state index contributed by atoms with van der Waals surface area (Å²) in [4.78, 5) is 16.2. The van der Waals surface area contributed by atoms with Gasteiger partial charge in [-0.25, -0.2) is 0 Å². The van der Waals surface area contributed by atoms with Crippen molar-refractivity contribution >= 4 is 52.5 Å². The Morgan fingerprint density at radius 2 is 2.12 bits per heavy atom. The molecule has 2 aliphatic rings. The summed E-state index contributed by atoms with van der Waals surface area (Å²) in [7, 11) is 0. The average Bonchev–Trinajstić information content (AvgIpc) is 2.90. The van der Waals surface area contributed by atoms with Gasteiger partial charge in [0.2, 0.25) is 0 Å². The van der Waals surface area contributed by atoms with E-state index in [4.69, 9.17) is 27.9 Å². The van der Waals surface area contributed by atoms with E-state index in [1.807, 2.05) is 13.0 Å². The number of nitrogens with one attached hydrogen (secondary N) is 2. The summed E-state index contributed by atoms with van der Waals surface area (Å²) in [6, 6.07) is 3.70. The van der Waals surface area contributed by atoms with Gasteiger partial charge in [-0.3, -0.25) is 4.79 Å². The van der Waals surface area contributed by atoms with Crippen molar-refractivity contribution < 1.29 is 9.53 Å². The smallest absolute Gasteiger partial charge is 0.314 e. The molecule has 1 aromatic carbocycles. The molecule has 1 aromatic heterocycles. The fourth-order valence-corrected chi connectivity index (χ4v) is 4.61. The van der Waals surface area contributed by atoms with E-state index < -0.39 is 5.41 Å². The molecule has 1 atom stereocenters. The van der Waals surface area contributed by atoms with Crippen molar-refractivity contribution in [1.29, 1.82) is 0 Å². The summed E-state index contributed by atoms with van der Waals surface area (Å²) >= 11 is 12.7. The number of carbonyl (C=O) groups is 1. The van der Waals surface area contributed by atoms with Crippen LogP contribution in [0.1, 0.15) is 43.5 Å². The highest BCUT2D eigenvalue weighted by molar-refractivity contribution is 6.45. The Balaban J connectivity index is 0.00000182. The van der Waals surface area contributed by atoms with Crippen molar-refractivity contribution in [2.75, 3.05) is 13.2 Å². The molecule has 7 heteroatoms. The zero-order chi connectivity index (χ0) is 16.9. The Labute approximate surface area is 163 Å². The molecule has 1 fully saturated rings. The van der Waals surface area contributed by atoms with E-state index >= 15 is 0 Å². The van der Waals surface area contributed by atoms with Gasteiger partial charge in [-0.15, -0.1) is 12.4 Å². The van der Waals surface area contributed by atoms with Gasteiger partial charge in [-0.2, -0.15) is 0 Å². The van der Waals surface area contributed by atoms with Crippen LogP contribution in [-0.4, -0.2) is 24.1 Å². The first kappa shape index (κ1) is 18.8. The largest absolute Gasteiger partial charge is 0.466 e. The Kier molecular flexibility index (Phi) is 5.27. The van der Waals surface area contributed by atoms with Crippen molar-refractivity contribution in [2.24, 2.45) is 5.41 Å². The summed E-state index contributed by atoms with van der Waals surface area (Å²) < 4.78 is 5.39. The van der Waals surface area contributed by atoms with Crippen molar-refractivity contribution in [1.82, 2.24) is 10.3 Å². The van der Waals surface area contributed by atoms with Gasteiger partial charge < -0.3 is 15.0 Å². The second-order valence-corrected chi connectivity index (χ2v) is 7.45. The summed E-state index contributed by atoms with van der Waals surface area (Å²) in [5.41, 5.74) is 2.74. The van der Waals surface area contributed by atoms with Crippen molar-refractivity contribution in [3.8, 4) is 0 Å². The van der Waals surface area contributed by atoms with E-state index in [2.05, 4.69) is 10.3 Å². The molecule has 4 nitrogen and oxygen atoms in total. The van der Waals surface area contributed by atoms with E-state index in [0.29, 0.717) is 16.7 Å². The summed E-state index contributed by atoms with van der Waals surface area (Å²) in [5.74, 6) is -0.0932. The quantitative estimate of drug-likeness (QED) is 0.723. The lowest BCUT2D eigenvalue weighted by molar-refractivity contribution is -0.164. The molecule has 0 amide bonds. The van der Waals surface area contributed by atoms with Gasteiger partial charge in [0.1, 0.15) is 0 Å². The lowest BCUT2D eigenvalue weighted by Gasteiger charge is -2.46. The van der Waals surface area contributed by atoms with Crippen LogP contribution < -0.4 is 5.32 Å². The fourth-order valence-electron chi connectivity index (χ4n) is 4.17. The standard InChI is InChI=1S/C18H20Cl2N2O2.ClH/c1-2-24-17(23)18(7-3-8-18)16-15-10(6-9-21-16)13-12(22-15)5-4-11(19)14(13)20;/h4-5,16,21-22H,2-3,6-9H2,1H3;1H. The molecule has 0 spiro atoms. The van der Waals surface area contributed by atoms with Gasteiger partial charge >= 0.3 is 5.97 Å². The molecule has 1 saturated carbocycles. The first-order valence-electron chi connectivity index (χ1n) is 8.47. The molecule has 1 aliphatic carbocycles. The van der Waals surface area contributed by atoms with E-state index in [0.717, 1.165) is 48.8 Å². The van der Waals surface area contributed by atoms with Crippen LogP contribution in [0, 0.1) is 5.41 Å². The fraction of sp³-hybridized carbons (Fsp3) is 0.500. The number of esters is 1. The van der Waals surface area contributed by atoms with Crippen LogP contribution in [0.4, 0.5) is 0 Å². The van der Waals surface area contributed by atoms with E-state index in [1.165, 1.54) is 5.56 Å². The molecular formula is C18H21Cl3N2O2. The zero-order valence-electron chi connectivity index (χ0n) is 14.0. The molecule has 0 saturated heterocycles. The van der Waals surface area contributed by atoms with E-state index in [1.54, 1.807) is 6.07 Å².